The summed E-state index contributed by atoms with van der Waals surface area (Å²) in [4.78, 5) is 31.8. The molecule has 1 atom stereocenters. The molecule has 1 fully saturated rings. The first kappa shape index (κ1) is 20.9. The van der Waals surface area contributed by atoms with E-state index in [-0.39, 0.29) is 11.3 Å². The van der Waals surface area contributed by atoms with Gasteiger partial charge in [-0.05, 0) is 48.3 Å². The van der Waals surface area contributed by atoms with Crippen LogP contribution in [-0.4, -0.2) is 51.9 Å². The Bertz CT molecular complexity index is 1130. The van der Waals surface area contributed by atoms with Gasteiger partial charge in [0.1, 0.15) is 0 Å². The van der Waals surface area contributed by atoms with Gasteiger partial charge in [0.05, 0.1) is 11.1 Å². The van der Waals surface area contributed by atoms with Crippen LogP contribution in [0.15, 0.2) is 42.7 Å². The highest BCUT2D eigenvalue weighted by molar-refractivity contribution is 6.07. The second-order valence-corrected chi connectivity index (χ2v) is 10.1. The van der Waals surface area contributed by atoms with Gasteiger partial charge in [0.2, 0.25) is 5.95 Å². The molecule has 2 aromatic heterocycles. The van der Waals surface area contributed by atoms with Gasteiger partial charge in [0.15, 0.2) is 0 Å². The number of anilines is 1. The number of hydrogen-bond acceptors (Lipinski definition) is 5. The molecule has 0 spiro atoms. The molecule has 6 heteroatoms. The van der Waals surface area contributed by atoms with Gasteiger partial charge in [-0.2, -0.15) is 0 Å². The molecular formula is C26H31N5O. The molecule has 32 heavy (non-hydrogen) atoms. The Kier molecular flexibility index (Phi) is 5.31. The minimum Gasteiger partial charge on any atom is -0.337 e. The molecule has 0 bridgehead atoms. The van der Waals surface area contributed by atoms with Gasteiger partial charge in [-0.15, -0.1) is 0 Å². The van der Waals surface area contributed by atoms with E-state index in [4.69, 9.17) is 4.98 Å². The maximum absolute atomic E-state index is 13.9. The number of aryl methyl sites for hydroxylation is 1. The van der Waals surface area contributed by atoms with E-state index in [1.807, 2.05) is 29.2 Å². The number of rotatable bonds is 2. The molecule has 3 aromatic rings. The van der Waals surface area contributed by atoms with Crippen LogP contribution in [0.1, 0.15) is 48.8 Å². The van der Waals surface area contributed by atoms with E-state index in [1.54, 1.807) is 12.4 Å². The molecule has 1 aromatic carbocycles. The number of fused-ring (bicyclic) bond motifs is 2. The van der Waals surface area contributed by atoms with Crippen LogP contribution in [0.4, 0.5) is 5.95 Å². The first-order valence-electron chi connectivity index (χ1n) is 11.6. The summed E-state index contributed by atoms with van der Waals surface area (Å²) in [5.41, 5.74) is 4.31. The van der Waals surface area contributed by atoms with E-state index in [0.717, 1.165) is 60.5 Å². The average molecular weight is 430 g/mol. The monoisotopic (exact) mass is 429 g/mol. The third-order valence-electron chi connectivity index (χ3n) is 7.10. The van der Waals surface area contributed by atoms with Crippen molar-refractivity contribution in [2.24, 2.45) is 11.3 Å². The van der Waals surface area contributed by atoms with Gasteiger partial charge in [-0.1, -0.05) is 39.0 Å². The molecule has 6 nitrogen and oxygen atoms in total. The fourth-order valence-electron chi connectivity index (χ4n) is 5.09. The predicted octanol–water partition coefficient (Wildman–Crippen LogP) is 4.14. The summed E-state index contributed by atoms with van der Waals surface area (Å²) < 4.78 is 0. The van der Waals surface area contributed by atoms with Crippen molar-refractivity contribution in [1.29, 1.82) is 0 Å². The zero-order valence-electron chi connectivity index (χ0n) is 19.2. The van der Waals surface area contributed by atoms with Crippen molar-refractivity contribution in [2.45, 2.75) is 40.0 Å². The Balaban J connectivity index is 1.47. The first-order chi connectivity index (χ1) is 15.4. The largest absolute Gasteiger partial charge is 0.337 e. The Morgan fingerprint density at radius 2 is 1.72 bits per heavy atom. The lowest BCUT2D eigenvalue weighted by molar-refractivity contribution is 0.0745. The highest BCUT2D eigenvalue weighted by Gasteiger charge is 2.34. The zero-order chi connectivity index (χ0) is 22.3. The van der Waals surface area contributed by atoms with E-state index >= 15 is 0 Å². The van der Waals surface area contributed by atoms with Gasteiger partial charge < -0.3 is 9.80 Å². The summed E-state index contributed by atoms with van der Waals surface area (Å²) in [6.45, 7) is 9.75. The smallest absolute Gasteiger partial charge is 0.255 e. The molecule has 0 radical (unpaired) electrons. The summed E-state index contributed by atoms with van der Waals surface area (Å²) in [6, 6.07) is 9.95. The lowest BCUT2D eigenvalue weighted by Gasteiger charge is -2.37. The number of amides is 1. The van der Waals surface area contributed by atoms with Crippen LogP contribution in [0.5, 0.6) is 0 Å². The Morgan fingerprint density at radius 3 is 2.44 bits per heavy atom. The maximum atomic E-state index is 13.9. The second kappa shape index (κ2) is 8.15. The Hall–Kier alpha value is -3.02. The Morgan fingerprint density at radius 1 is 1.00 bits per heavy atom. The summed E-state index contributed by atoms with van der Waals surface area (Å²) >= 11 is 0. The Labute approximate surface area is 189 Å². The van der Waals surface area contributed by atoms with Crippen molar-refractivity contribution >= 4 is 22.8 Å². The number of aromatic nitrogens is 3. The number of para-hydroxylation sites is 1. The summed E-state index contributed by atoms with van der Waals surface area (Å²) in [7, 11) is 0. The summed E-state index contributed by atoms with van der Waals surface area (Å²) in [5.74, 6) is 1.43. The van der Waals surface area contributed by atoms with E-state index in [0.29, 0.717) is 19.0 Å². The topological polar surface area (TPSA) is 62.2 Å². The van der Waals surface area contributed by atoms with Crippen LogP contribution in [0.25, 0.3) is 10.9 Å². The van der Waals surface area contributed by atoms with Crippen LogP contribution in [-0.2, 0) is 12.8 Å². The number of benzene rings is 1. The third kappa shape index (κ3) is 3.83. The van der Waals surface area contributed by atoms with Crippen molar-refractivity contribution < 1.29 is 4.79 Å². The normalized spacial score (nSPS) is 19.2. The zero-order valence-corrected chi connectivity index (χ0v) is 19.2. The van der Waals surface area contributed by atoms with Gasteiger partial charge in [0, 0.05) is 49.7 Å². The average Bonchev–Trinajstić information content (AvgIpc) is 2.82. The third-order valence-corrected chi connectivity index (χ3v) is 7.10. The SMILES string of the molecule is CC(C)(C)C1CCc2nc3ccccc3c(C(=O)N3CCN(c4ncccn4)CC3)c2C1. The maximum Gasteiger partial charge on any atom is 0.255 e. The number of pyridine rings is 1. The number of carbonyl (C=O) groups excluding carboxylic acids is 1. The van der Waals surface area contributed by atoms with Crippen LogP contribution in [0, 0.1) is 11.3 Å². The van der Waals surface area contributed by atoms with Crippen molar-refractivity contribution in [2.75, 3.05) is 31.1 Å². The van der Waals surface area contributed by atoms with Crippen molar-refractivity contribution in [1.82, 2.24) is 19.9 Å². The van der Waals surface area contributed by atoms with Crippen molar-refractivity contribution in [3.8, 4) is 0 Å². The fourth-order valence-corrected chi connectivity index (χ4v) is 5.09. The van der Waals surface area contributed by atoms with E-state index in [9.17, 15) is 4.79 Å². The molecule has 1 aliphatic heterocycles. The quantitative estimate of drug-likeness (QED) is 0.613. The molecule has 3 heterocycles. The van der Waals surface area contributed by atoms with Crippen molar-refractivity contribution in [3.63, 3.8) is 0 Å². The molecule has 1 amide bonds. The number of piperazine rings is 1. The van der Waals surface area contributed by atoms with Gasteiger partial charge in [-0.25, -0.2) is 9.97 Å². The molecule has 166 valence electrons. The van der Waals surface area contributed by atoms with Crippen LogP contribution in [0.3, 0.4) is 0 Å². The molecule has 0 N–H and O–H groups in total. The lowest BCUT2D eigenvalue weighted by atomic mass is 9.70. The molecule has 2 aliphatic rings. The summed E-state index contributed by atoms with van der Waals surface area (Å²) in [5, 5.41) is 0.986. The molecular weight excluding hydrogens is 398 g/mol. The number of carbonyl (C=O) groups is 1. The lowest BCUT2D eigenvalue weighted by Crippen LogP contribution is -2.49. The highest BCUT2D eigenvalue weighted by atomic mass is 16.2. The molecule has 1 aliphatic carbocycles. The molecule has 1 unspecified atom stereocenters. The standard InChI is InChI=1S/C26H31N5O/c1-26(2,3)18-9-10-22-20(17-18)23(19-7-4-5-8-21(19)29-22)24(32)30-13-15-31(16-14-30)25-27-11-6-12-28-25/h4-8,11-12,18H,9-10,13-17H2,1-3H3. The second-order valence-electron chi connectivity index (χ2n) is 10.1. The van der Waals surface area contributed by atoms with Gasteiger partial charge in [-0.3, -0.25) is 9.78 Å². The highest BCUT2D eigenvalue weighted by Crippen LogP contribution is 2.39. The molecule has 5 rings (SSSR count). The van der Waals surface area contributed by atoms with Gasteiger partial charge >= 0.3 is 0 Å². The predicted molar refractivity (Wildman–Crippen MR) is 127 cm³/mol. The molecule has 1 saturated heterocycles. The summed E-state index contributed by atoms with van der Waals surface area (Å²) in [6.07, 6.45) is 6.53. The number of nitrogens with zero attached hydrogens (tertiary/aromatic N) is 5. The van der Waals surface area contributed by atoms with Crippen LogP contribution >= 0.6 is 0 Å². The fraction of sp³-hybridized carbons (Fsp3) is 0.462. The van der Waals surface area contributed by atoms with Crippen LogP contribution in [0.2, 0.25) is 0 Å². The van der Waals surface area contributed by atoms with Gasteiger partial charge in [0.25, 0.3) is 5.91 Å². The minimum absolute atomic E-state index is 0.142. The van der Waals surface area contributed by atoms with Crippen LogP contribution < -0.4 is 4.90 Å². The molecule has 0 saturated carbocycles. The van der Waals surface area contributed by atoms with E-state index in [2.05, 4.69) is 41.7 Å². The van der Waals surface area contributed by atoms with Crippen molar-refractivity contribution in [3.05, 3.63) is 59.5 Å². The minimum atomic E-state index is 0.142. The first-order valence-corrected chi connectivity index (χ1v) is 11.6. The van der Waals surface area contributed by atoms with E-state index in [1.165, 1.54) is 5.56 Å². The number of hydrogen-bond donors (Lipinski definition) is 0. The van der Waals surface area contributed by atoms with E-state index < -0.39 is 0 Å².